The van der Waals surface area contributed by atoms with E-state index < -0.39 is 0 Å². The van der Waals surface area contributed by atoms with Crippen molar-refractivity contribution in [3.8, 4) is 5.69 Å². The van der Waals surface area contributed by atoms with Gasteiger partial charge in [0.2, 0.25) is 4.77 Å². The predicted molar refractivity (Wildman–Crippen MR) is 64.0 cm³/mol. The number of H-pyrrole nitrogens is 2. The van der Waals surface area contributed by atoms with Crippen LogP contribution in [0, 0.1) is 11.7 Å². The van der Waals surface area contributed by atoms with Crippen LogP contribution in [0.3, 0.4) is 0 Å². The number of nitrogens with zero attached hydrogens (tertiary/aromatic N) is 1. The van der Waals surface area contributed by atoms with Gasteiger partial charge in [0.15, 0.2) is 0 Å². The Bertz CT molecular complexity index is 583. The summed E-state index contributed by atoms with van der Waals surface area (Å²) in [6.45, 7) is 1.92. The Kier molecular flexibility index (Phi) is 2.62. The van der Waals surface area contributed by atoms with Crippen molar-refractivity contribution in [1.82, 2.24) is 14.8 Å². The molecular weight excluding hydrogens is 278 g/mol. The van der Waals surface area contributed by atoms with Crippen molar-refractivity contribution in [2.45, 2.75) is 6.92 Å². The summed E-state index contributed by atoms with van der Waals surface area (Å²) in [6, 6.07) is 5.65. The molecule has 15 heavy (non-hydrogen) atoms. The van der Waals surface area contributed by atoms with Gasteiger partial charge in [0.25, 0.3) is 0 Å². The molecule has 0 aliphatic heterocycles. The maximum atomic E-state index is 11.5. The summed E-state index contributed by atoms with van der Waals surface area (Å²) in [6.07, 6.45) is 0. The van der Waals surface area contributed by atoms with Gasteiger partial charge in [0, 0.05) is 4.47 Å². The average molecular weight is 286 g/mol. The maximum Gasteiger partial charge on any atom is 0.347 e. The second kappa shape index (κ2) is 3.79. The Morgan fingerprint density at radius 3 is 2.67 bits per heavy atom. The number of aromatic amines is 2. The zero-order chi connectivity index (χ0) is 11.0. The fourth-order valence-electron chi connectivity index (χ4n) is 1.40. The molecule has 1 aromatic heterocycles. The monoisotopic (exact) mass is 285 g/mol. The van der Waals surface area contributed by atoms with E-state index in [2.05, 4.69) is 26.1 Å². The normalized spacial score (nSPS) is 10.5. The molecule has 0 atom stereocenters. The van der Waals surface area contributed by atoms with E-state index in [9.17, 15) is 4.79 Å². The number of rotatable bonds is 1. The fraction of sp³-hybridized carbons (Fsp3) is 0.111. The van der Waals surface area contributed by atoms with E-state index in [0.717, 1.165) is 15.7 Å². The van der Waals surface area contributed by atoms with Crippen LogP contribution in [0.1, 0.15) is 5.56 Å². The molecule has 0 saturated carbocycles. The Balaban J connectivity index is 2.75. The first-order valence-corrected chi connectivity index (χ1v) is 5.46. The van der Waals surface area contributed by atoms with E-state index >= 15 is 0 Å². The Morgan fingerprint density at radius 2 is 2.13 bits per heavy atom. The molecule has 0 amide bonds. The van der Waals surface area contributed by atoms with Crippen molar-refractivity contribution in [1.29, 1.82) is 0 Å². The number of halogens is 1. The summed E-state index contributed by atoms with van der Waals surface area (Å²) in [4.78, 5) is 11.5. The summed E-state index contributed by atoms with van der Waals surface area (Å²) in [7, 11) is 0. The molecule has 78 valence electrons. The highest BCUT2D eigenvalue weighted by Gasteiger charge is 2.06. The maximum absolute atomic E-state index is 11.5. The minimum atomic E-state index is -0.259. The topological polar surface area (TPSA) is 53.6 Å². The Morgan fingerprint density at radius 1 is 1.40 bits per heavy atom. The lowest BCUT2D eigenvalue weighted by atomic mass is 10.2. The van der Waals surface area contributed by atoms with Gasteiger partial charge in [-0.1, -0.05) is 15.9 Å². The zero-order valence-electron chi connectivity index (χ0n) is 7.87. The average Bonchev–Trinajstić information content (AvgIpc) is 2.48. The summed E-state index contributed by atoms with van der Waals surface area (Å²) >= 11 is 8.38. The SMILES string of the molecule is Cc1cc(Br)ccc1-n1c(=O)[nH][nH]c1=S. The van der Waals surface area contributed by atoms with E-state index in [4.69, 9.17) is 12.2 Å². The molecule has 0 unspecified atom stereocenters. The van der Waals surface area contributed by atoms with Crippen LogP contribution in [-0.2, 0) is 0 Å². The van der Waals surface area contributed by atoms with Crippen molar-refractivity contribution in [3.63, 3.8) is 0 Å². The number of aryl methyl sites for hydroxylation is 1. The van der Waals surface area contributed by atoms with Gasteiger partial charge in [-0.3, -0.25) is 5.10 Å². The van der Waals surface area contributed by atoms with Crippen LogP contribution in [0.25, 0.3) is 5.69 Å². The molecule has 0 bridgehead atoms. The van der Waals surface area contributed by atoms with Crippen molar-refractivity contribution >= 4 is 28.1 Å². The minimum Gasteiger partial charge on any atom is -0.272 e. The van der Waals surface area contributed by atoms with E-state index in [0.29, 0.717) is 4.77 Å². The fourth-order valence-corrected chi connectivity index (χ4v) is 2.11. The molecule has 2 aromatic rings. The highest BCUT2D eigenvalue weighted by molar-refractivity contribution is 9.10. The highest BCUT2D eigenvalue weighted by atomic mass is 79.9. The van der Waals surface area contributed by atoms with Gasteiger partial charge in [-0.15, -0.1) is 0 Å². The molecule has 1 heterocycles. The third-order valence-corrected chi connectivity index (χ3v) is 2.86. The third kappa shape index (κ3) is 1.82. The van der Waals surface area contributed by atoms with Crippen molar-refractivity contribution < 1.29 is 0 Å². The molecular formula is C9H8BrN3OS. The minimum absolute atomic E-state index is 0.259. The van der Waals surface area contributed by atoms with Crippen LogP contribution in [0.2, 0.25) is 0 Å². The van der Waals surface area contributed by atoms with Gasteiger partial charge in [0.1, 0.15) is 0 Å². The number of aromatic nitrogens is 3. The highest BCUT2D eigenvalue weighted by Crippen LogP contribution is 2.18. The Labute approximate surface area is 99.1 Å². The summed E-state index contributed by atoms with van der Waals surface area (Å²) in [5, 5.41) is 5.05. The van der Waals surface area contributed by atoms with Crippen molar-refractivity contribution in [2.75, 3.05) is 0 Å². The molecule has 0 aliphatic rings. The predicted octanol–water partition coefficient (Wildman–Crippen LogP) is 2.29. The number of hydrogen-bond donors (Lipinski definition) is 2. The molecule has 4 nitrogen and oxygen atoms in total. The second-order valence-electron chi connectivity index (χ2n) is 3.13. The lowest BCUT2D eigenvalue weighted by molar-refractivity contribution is 0.964. The molecule has 2 N–H and O–H groups in total. The Hall–Kier alpha value is -1.14. The first-order chi connectivity index (χ1) is 7.09. The number of nitrogens with one attached hydrogen (secondary N) is 2. The number of hydrogen-bond acceptors (Lipinski definition) is 2. The molecule has 1 aromatic carbocycles. The molecule has 0 spiro atoms. The van der Waals surface area contributed by atoms with Crippen LogP contribution < -0.4 is 5.69 Å². The molecule has 2 rings (SSSR count). The molecule has 6 heteroatoms. The van der Waals surface area contributed by atoms with Crippen molar-refractivity contribution in [2.24, 2.45) is 0 Å². The molecule has 0 aliphatic carbocycles. The van der Waals surface area contributed by atoms with E-state index in [1.165, 1.54) is 4.57 Å². The lowest BCUT2D eigenvalue weighted by Gasteiger charge is -2.04. The van der Waals surface area contributed by atoms with E-state index in [-0.39, 0.29) is 5.69 Å². The van der Waals surface area contributed by atoms with Gasteiger partial charge in [-0.2, -0.15) is 0 Å². The van der Waals surface area contributed by atoms with Gasteiger partial charge in [0.05, 0.1) is 5.69 Å². The summed E-state index contributed by atoms with van der Waals surface area (Å²) < 4.78 is 2.77. The molecule has 0 radical (unpaired) electrons. The van der Waals surface area contributed by atoms with Gasteiger partial charge >= 0.3 is 5.69 Å². The first-order valence-electron chi connectivity index (χ1n) is 4.26. The molecule has 0 fully saturated rings. The molecule has 0 saturated heterocycles. The van der Waals surface area contributed by atoms with Crippen LogP contribution >= 0.6 is 28.1 Å². The third-order valence-electron chi connectivity index (χ3n) is 2.08. The van der Waals surface area contributed by atoms with Gasteiger partial charge < -0.3 is 0 Å². The van der Waals surface area contributed by atoms with E-state index in [1.54, 1.807) is 0 Å². The zero-order valence-corrected chi connectivity index (χ0v) is 10.3. The van der Waals surface area contributed by atoms with Crippen molar-refractivity contribution in [3.05, 3.63) is 43.5 Å². The quantitative estimate of drug-likeness (QED) is 0.790. The summed E-state index contributed by atoms with van der Waals surface area (Å²) in [5.74, 6) is 0. The standard InChI is InChI=1S/C9H8BrN3OS/c1-5-4-6(10)2-3-7(5)13-8(14)11-12-9(13)15/h2-4H,1H3,(H,11,14)(H,12,15). The first kappa shape index (κ1) is 10.4. The summed E-state index contributed by atoms with van der Waals surface area (Å²) in [5.41, 5.74) is 1.50. The second-order valence-corrected chi connectivity index (χ2v) is 4.43. The van der Waals surface area contributed by atoms with Gasteiger partial charge in [-0.05, 0) is 42.9 Å². The largest absolute Gasteiger partial charge is 0.347 e. The van der Waals surface area contributed by atoms with Crippen LogP contribution in [0.4, 0.5) is 0 Å². The van der Waals surface area contributed by atoms with Crippen LogP contribution in [0.5, 0.6) is 0 Å². The smallest absolute Gasteiger partial charge is 0.272 e. The lowest BCUT2D eigenvalue weighted by Crippen LogP contribution is -2.15. The van der Waals surface area contributed by atoms with Crippen LogP contribution in [-0.4, -0.2) is 14.8 Å². The number of benzene rings is 1. The van der Waals surface area contributed by atoms with Gasteiger partial charge in [-0.25, -0.2) is 14.5 Å². The van der Waals surface area contributed by atoms with Crippen LogP contribution in [0.15, 0.2) is 27.5 Å². The van der Waals surface area contributed by atoms with E-state index in [1.807, 2.05) is 25.1 Å².